The Hall–Kier alpha value is -2.29. The molecule has 0 heterocycles. The molecule has 5 heteroatoms. The second-order valence-electron chi connectivity index (χ2n) is 6.82. The molecular formula is C22H27N3OS. The Morgan fingerprint density at radius 3 is 2.30 bits per heavy atom. The summed E-state index contributed by atoms with van der Waals surface area (Å²) in [6.07, 6.45) is 2.38. The number of amides is 1. The third-order valence-corrected chi connectivity index (χ3v) is 5.03. The molecule has 0 bridgehead atoms. The Kier molecular flexibility index (Phi) is 7.90. The fourth-order valence-corrected chi connectivity index (χ4v) is 3.49. The first-order valence-electron chi connectivity index (χ1n) is 9.00. The molecule has 0 N–H and O–H groups in total. The normalized spacial score (nSPS) is 10.7. The van der Waals surface area contributed by atoms with Crippen molar-refractivity contribution in [2.75, 3.05) is 31.3 Å². The number of thioether (sulfide) groups is 1. The van der Waals surface area contributed by atoms with Crippen LogP contribution >= 0.6 is 11.8 Å². The molecule has 1 amide bonds. The number of carbonyl (C=O) groups excluding carboxylic acids is 1. The van der Waals surface area contributed by atoms with Crippen LogP contribution in [0.15, 0.2) is 47.4 Å². The molecular weight excluding hydrogens is 354 g/mol. The smallest absolute Gasteiger partial charge is 0.241 e. The lowest BCUT2D eigenvalue weighted by molar-refractivity contribution is -0.119. The van der Waals surface area contributed by atoms with E-state index in [-0.39, 0.29) is 5.91 Å². The number of hydrogen-bond acceptors (Lipinski definition) is 4. The standard InChI is InChI=1S/C22H27N3OS/c1-17-12-18(2)14-20(13-17)25(11-5-10-23)22(26)16-24(3)15-19-6-8-21(27-4)9-7-19/h6-9,12-14H,5,11,15-16H2,1-4H3. The molecule has 0 radical (unpaired) electrons. The Morgan fingerprint density at radius 1 is 1.11 bits per heavy atom. The number of carbonyl (C=O) groups is 1. The molecule has 0 aliphatic heterocycles. The largest absolute Gasteiger partial charge is 0.310 e. The van der Waals surface area contributed by atoms with E-state index in [0.717, 1.165) is 16.8 Å². The average molecular weight is 382 g/mol. The van der Waals surface area contributed by atoms with Gasteiger partial charge in [0.05, 0.1) is 19.0 Å². The second kappa shape index (κ2) is 10.1. The second-order valence-corrected chi connectivity index (χ2v) is 7.70. The first-order chi connectivity index (χ1) is 12.9. The predicted octanol–water partition coefficient (Wildman–Crippen LogP) is 4.40. The van der Waals surface area contributed by atoms with Crippen LogP contribution in [-0.2, 0) is 11.3 Å². The fraction of sp³-hybridized carbons (Fsp3) is 0.364. The van der Waals surface area contributed by atoms with Crippen LogP contribution in [0.25, 0.3) is 0 Å². The van der Waals surface area contributed by atoms with Crippen molar-refractivity contribution in [3.63, 3.8) is 0 Å². The van der Waals surface area contributed by atoms with Crippen LogP contribution in [0.5, 0.6) is 0 Å². The number of hydrogen-bond donors (Lipinski definition) is 0. The predicted molar refractivity (Wildman–Crippen MR) is 113 cm³/mol. The highest BCUT2D eigenvalue weighted by molar-refractivity contribution is 7.98. The zero-order chi connectivity index (χ0) is 19.8. The number of rotatable bonds is 8. The molecule has 0 saturated carbocycles. The molecule has 0 unspecified atom stereocenters. The Bertz CT molecular complexity index is 791. The summed E-state index contributed by atoms with van der Waals surface area (Å²) in [5.41, 5.74) is 4.27. The Labute approximate surface area is 166 Å². The van der Waals surface area contributed by atoms with Gasteiger partial charge in [0.15, 0.2) is 0 Å². The number of aryl methyl sites for hydroxylation is 2. The zero-order valence-electron chi connectivity index (χ0n) is 16.5. The SMILES string of the molecule is CSc1ccc(CN(C)CC(=O)N(CCC#N)c2cc(C)cc(C)c2)cc1. The van der Waals surface area contributed by atoms with Gasteiger partial charge in [-0.2, -0.15) is 5.26 Å². The van der Waals surface area contributed by atoms with E-state index in [1.165, 1.54) is 10.5 Å². The molecule has 27 heavy (non-hydrogen) atoms. The first-order valence-corrected chi connectivity index (χ1v) is 10.2. The van der Waals surface area contributed by atoms with Gasteiger partial charge in [0.2, 0.25) is 5.91 Å². The van der Waals surface area contributed by atoms with E-state index in [0.29, 0.717) is 26.1 Å². The van der Waals surface area contributed by atoms with Crippen LogP contribution in [0.2, 0.25) is 0 Å². The lowest BCUT2D eigenvalue weighted by atomic mass is 10.1. The molecule has 2 aromatic rings. The molecule has 4 nitrogen and oxygen atoms in total. The van der Waals surface area contributed by atoms with Gasteiger partial charge in [0, 0.05) is 23.7 Å². The molecule has 0 aliphatic rings. The highest BCUT2D eigenvalue weighted by Gasteiger charge is 2.18. The van der Waals surface area contributed by atoms with Crippen molar-refractivity contribution in [2.24, 2.45) is 0 Å². The van der Waals surface area contributed by atoms with E-state index in [1.807, 2.05) is 37.9 Å². The maximum absolute atomic E-state index is 12.9. The van der Waals surface area contributed by atoms with Crippen LogP contribution in [-0.4, -0.2) is 37.2 Å². The summed E-state index contributed by atoms with van der Waals surface area (Å²) in [7, 11) is 1.95. The van der Waals surface area contributed by atoms with E-state index < -0.39 is 0 Å². The number of benzene rings is 2. The van der Waals surface area contributed by atoms with Crippen molar-refractivity contribution in [2.45, 2.75) is 31.7 Å². The number of nitriles is 1. The Morgan fingerprint density at radius 2 is 1.74 bits per heavy atom. The number of anilines is 1. The summed E-state index contributed by atoms with van der Waals surface area (Å²) in [5, 5.41) is 8.97. The molecule has 0 fully saturated rings. The molecule has 2 rings (SSSR count). The average Bonchev–Trinajstić information content (AvgIpc) is 2.61. The monoisotopic (exact) mass is 381 g/mol. The quantitative estimate of drug-likeness (QED) is 0.636. The van der Waals surface area contributed by atoms with Crippen LogP contribution < -0.4 is 4.90 Å². The van der Waals surface area contributed by atoms with Crippen molar-refractivity contribution in [3.05, 3.63) is 59.2 Å². The van der Waals surface area contributed by atoms with Gasteiger partial charge < -0.3 is 4.90 Å². The lowest BCUT2D eigenvalue weighted by Crippen LogP contribution is -2.39. The van der Waals surface area contributed by atoms with Crippen molar-refractivity contribution in [1.82, 2.24) is 4.90 Å². The molecule has 0 aromatic heterocycles. The molecule has 0 aliphatic carbocycles. The van der Waals surface area contributed by atoms with Gasteiger partial charge in [-0.05, 0) is 68.1 Å². The van der Waals surface area contributed by atoms with Gasteiger partial charge >= 0.3 is 0 Å². The van der Waals surface area contributed by atoms with Crippen LogP contribution in [0, 0.1) is 25.2 Å². The van der Waals surface area contributed by atoms with Crippen molar-refractivity contribution < 1.29 is 4.79 Å². The third-order valence-electron chi connectivity index (χ3n) is 4.28. The van der Waals surface area contributed by atoms with E-state index >= 15 is 0 Å². The van der Waals surface area contributed by atoms with Crippen LogP contribution in [0.4, 0.5) is 5.69 Å². The zero-order valence-corrected chi connectivity index (χ0v) is 17.3. The summed E-state index contributed by atoms with van der Waals surface area (Å²) in [6, 6.07) is 16.6. The number of likely N-dealkylation sites (N-methyl/N-ethyl adjacent to an activating group) is 1. The minimum Gasteiger partial charge on any atom is -0.310 e. The molecule has 2 aromatic carbocycles. The van der Waals surface area contributed by atoms with E-state index in [9.17, 15) is 4.79 Å². The van der Waals surface area contributed by atoms with E-state index in [4.69, 9.17) is 5.26 Å². The maximum Gasteiger partial charge on any atom is 0.241 e. The lowest BCUT2D eigenvalue weighted by Gasteiger charge is -2.26. The first kappa shape index (κ1) is 21.0. The highest BCUT2D eigenvalue weighted by Crippen LogP contribution is 2.20. The summed E-state index contributed by atoms with van der Waals surface area (Å²) < 4.78 is 0. The van der Waals surface area contributed by atoms with Gasteiger partial charge in [-0.1, -0.05) is 18.2 Å². The molecule has 0 atom stereocenters. The Balaban J connectivity index is 2.08. The summed E-state index contributed by atoms with van der Waals surface area (Å²) in [6.45, 7) is 5.47. The summed E-state index contributed by atoms with van der Waals surface area (Å²) in [4.78, 5) is 17.9. The van der Waals surface area contributed by atoms with Gasteiger partial charge in [0.25, 0.3) is 0 Å². The van der Waals surface area contributed by atoms with Crippen molar-refractivity contribution in [1.29, 1.82) is 5.26 Å². The molecule has 142 valence electrons. The summed E-state index contributed by atoms with van der Waals surface area (Å²) in [5.74, 6) is 0.0125. The third kappa shape index (κ3) is 6.42. The topological polar surface area (TPSA) is 47.3 Å². The van der Waals surface area contributed by atoms with Gasteiger partial charge in [-0.25, -0.2) is 0 Å². The minimum atomic E-state index is 0.0125. The minimum absolute atomic E-state index is 0.0125. The molecule has 0 spiro atoms. The van der Waals surface area contributed by atoms with Gasteiger partial charge in [-0.3, -0.25) is 9.69 Å². The van der Waals surface area contributed by atoms with Gasteiger partial charge in [-0.15, -0.1) is 11.8 Å². The van der Waals surface area contributed by atoms with E-state index in [1.54, 1.807) is 16.7 Å². The van der Waals surface area contributed by atoms with E-state index in [2.05, 4.69) is 42.7 Å². The number of nitrogens with zero attached hydrogens (tertiary/aromatic N) is 3. The van der Waals surface area contributed by atoms with Gasteiger partial charge in [0.1, 0.15) is 0 Å². The maximum atomic E-state index is 12.9. The fourth-order valence-electron chi connectivity index (χ4n) is 3.08. The van der Waals surface area contributed by atoms with Crippen molar-refractivity contribution in [3.8, 4) is 6.07 Å². The van der Waals surface area contributed by atoms with Crippen LogP contribution in [0.3, 0.4) is 0 Å². The summed E-state index contributed by atoms with van der Waals surface area (Å²) >= 11 is 1.72. The molecule has 0 saturated heterocycles. The highest BCUT2D eigenvalue weighted by atomic mass is 32.2. The van der Waals surface area contributed by atoms with Crippen molar-refractivity contribution >= 4 is 23.4 Å². The van der Waals surface area contributed by atoms with Crippen LogP contribution in [0.1, 0.15) is 23.1 Å².